The second-order valence-corrected chi connectivity index (χ2v) is 5.38. The molecule has 2 heterocycles. The van der Waals surface area contributed by atoms with Gasteiger partial charge < -0.3 is 10.1 Å². The molecule has 2 atom stereocenters. The predicted molar refractivity (Wildman–Crippen MR) is 62.1 cm³/mol. The zero-order valence-electron chi connectivity index (χ0n) is 10.1. The summed E-state index contributed by atoms with van der Waals surface area (Å²) >= 11 is 0. The highest BCUT2D eigenvalue weighted by molar-refractivity contribution is 4.90. The van der Waals surface area contributed by atoms with Crippen LogP contribution in [0, 0.1) is 0 Å². The molecular weight excluding hydrogens is 188 g/mol. The van der Waals surface area contributed by atoms with Crippen molar-refractivity contribution >= 4 is 0 Å². The van der Waals surface area contributed by atoms with E-state index in [1.807, 2.05) is 0 Å². The van der Waals surface area contributed by atoms with Gasteiger partial charge in [-0.3, -0.25) is 4.90 Å². The highest BCUT2D eigenvalue weighted by atomic mass is 16.5. The molecule has 2 rings (SSSR count). The lowest BCUT2D eigenvalue weighted by Crippen LogP contribution is -2.54. The van der Waals surface area contributed by atoms with Crippen LogP contribution in [0.4, 0.5) is 0 Å². The average molecular weight is 212 g/mol. The SMILES string of the molecule is CN(CC1(C)CCCCN1)C1CCOC1. The Labute approximate surface area is 93.2 Å². The first-order valence-electron chi connectivity index (χ1n) is 6.23. The van der Waals surface area contributed by atoms with Crippen molar-refractivity contribution in [3.8, 4) is 0 Å². The van der Waals surface area contributed by atoms with Gasteiger partial charge in [0.2, 0.25) is 0 Å². The molecule has 15 heavy (non-hydrogen) atoms. The van der Waals surface area contributed by atoms with Gasteiger partial charge >= 0.3 is 0 Å². The quantitative estimate of drug-likeness (QED) is 0.762. The summed E-state index contributed by atoms with van der Waals surface area (Å²) in [4.78, 5) is 2.48. The summed E-state index contributed by atoms with van der Waals surface area (Å²) < 4.78 is 5.44. The molecule has 0 spiro atoms. The summed E-state index contributed by atoms with van der Waals surface area (Å²) in [6.45, 7) is 6.57. The maximum absolute atomic E-state index is 5.44. The van der Waals surface area contributed by atoms with Gasteiger partial charge in [0, 0.05) is 24.7 Å². The minimum absolute atomic E-state index is 0.329. The van der Waals surface area contributed by atoms with E-state index < -0.39 is 0 Å². The molecule has 0 aromatic carbocycles. The first-order chi connectivity index (χ1) is 7.20. The molecule has 1 N–H and O–H groups in total. The molecule has 0 aromatic rings. The highest BCUT2D eigenvalue weighted by Gasteiger charge is 2.30. The normalized spacial score (nSPS) is 37.4. The van der Waals surface area contributed by atoms with Gasteiger partial charge in [-0.15, -0.1) is 0 Å². The Bertz CT molecular complexity index is 196. The number of hydrogen-bond donors (Lipinski definition) is 1. The third kappa shape index (κ3) is 2.92. The third-order valence-corrected chi connectivity index (χ3v) is 3.83. The molecule has 2 unspecified atom stereocenters. The smallest absolute Gasteiger partial charge is 0.0622 e. The van der Waals surface area contributed by atoms with Crippen molar-refractivity contribution < 1.29 is 4.74 Å². The van der Waals surface area contributed by atoms with Gasteiger partial charge in [0.25, 0.3) is 0 Å². The number of ether oxygens (including phenoxy) is 1. The summed E-state index contributed by atoms with van der Waals surface area (Å²) in [7, 11) is 2.24. The van der Waals surface area contributed by atoms with Crippen LogP contribution in [-0.2, 0) is 4.74 Å². The molecule has 0 amide bonds. The molecule has 88 valence electrons. The zero-order chi connectivity index (χ0) is 10.7. The lowest BCUT2D eigenvalue weighted by molar-refractivity contribution is 0.125. The van der Waals surface area contributed by atoms with Gasteiger partial charge in [-0.1, -0.05) is 6.42 Å². The number of nitrogens with zero attached hydrogens (tertiary/aromatic N) is 1. The molecule has 2 fully saturated rings. The van der Waals surface area contributed by atoms with E-state index in [1.165, 1.54) is 32.2 Å². The Morgan fingerprint density at radius 2 is 2.33 bits per heavy atom. The van der Waals surface area contributed by atoms with Gasteiger partial charge in [-0.2, -0.15) is 0 Å². The molecule has 0 aromatic heterocycles. The largest absolute Gasteiger partial charge is 0.380 e. The monoisotopic (exact) mass is 212 g/mol. The van der Waals surface area contributed by atoms with E-state index in [2.05, 4.69) is 24.2 Å². The molecule has 2 saturated heterocycles. The van der Waals surface area contributed by atoms with Gasteiger partial charge in [-0.25, -0.2) is 0 Å². The van der Waals surface area contributed by atoms with Crippen molar-refractivity contribution in [3.63, 3.8) is 0 Å². The molecule has 0 saturated carbocycles. The molecule has 3 nitrogen and oxygen atoms in total. The molecule has 3 heteroatoms. The van der Waals surface area contributed by atoms with E-state index >= 15 is 0 Å². The van der Waals surface area contributed by atoms with Crippen molar-refractivity contribution in [1.29, 1.82) is 0 Å². The summed E-state index contributed by atoms with van der Waals surface area (Å²) in [6, 6.07) is 0.644. The van der Waals surface area contributed by atoms with Crippen LogP contribution in [0.15, 0.2) is 0 Å². The van der Waals surface area contributed by atoms with Gasteiger partial charge in [-0.05, 0) is 39.8 Å². The maximum atomic E-state index is 5.44. The van der Waals surface area contributed by atoms with Crippen molar-refractivity contribution in [2.24, 2.45) is 0 Å². The molecule has 2 aliphatic heterocycles. The van der Waals surface area contributed by atoms with E-state index in [-0.39, 0.29) is 0 Å². The van der Waals surface area contributed by atoms with E-state index in [0.717, 1.165) is 19.8 Å². The number of hydrogen-bond acceptors (Lipinski definition) is 3. The maximum Gasteiger partial charge on any atom is 0.0622 e. The van der Waals surface area contributed by atoms with Crippen molar-refractivity contribution in [1.82, 2.24) is 10.2 Å². The Morgan fingerprint density at radius 1 is 1.47 bits per heavy atom. The van der Waals surface area contributed by atoms with Crippen LogP contribution in [0.25, 0.3) is 0 Å². The Hall–Kier alpha value is -0.120. The molecule has 0 radical (unpaired) electrons. The lowest BCUT2D eigenvalue weighted by Gasteiger charge is -2.39. The fourth-order valence-corrected chi connectivity index (χ4v) is 2.80. The first-order valence-corrected chi connectivity index (χ1v) is 6.23. The van der Waals surface area contributed by atoms with E-state index in [4.69, 9.17) is 4.74 Å². The van der Waals surface area contributed by atoms with Crippen LogP contribution >= 0.6 is 0 Å². The molecule has 2 aliphatic rings. The number of likely N-dealkylation sites (N-methyl/N-ethyl adjacent to an activating group) is 1. The Kier molecular flexibility index (Phi) is 3.65. The predicted octanol–water partition coefficient (Wildman–Crippen LogP) is 1.24. The summed E-state index contributed by atoms with van der Waals surface area (Å²) in [5.74, 6) is 0. The topological polar surface area (TPSA) is 24.5 Å². The van der Waals surface area contributed by atoms with Gasteiger partial charge in [0.1, 0.15) is 0 Å². The number of nitrogens with one attached hydrogen (secondary N) is 1. The first kappa shape index (κ1) is 11.4. The van der Waals surface area contributed by atoms with Crippen LogP contribution in [0.2, 0.25) is 0 Å². The molecule has 0 aliphatic carbocycles. The van der Waals surface area contributed by atoms with Crippen molar-refractivity contribution in [2.45, 2.75) is 44.2 Å². The van der Waals surface area contributed by atoms with Crippen LogP contribution in [0.3, 0.4) is 0 Å². The Balaban J connectivity index is 1.83. The molecule has 0 bridgehead atoms. The van der Waals surface area contributed by atoms with Crippen LogP contribution < -0.4 is 5.32 Å². The summed E-state index contributed by atoms with van der Waals surface area (Å²) in [5.41, 5.74) is 0.329. The van der Waals surface area contributed by atoms with Gasteiger partial charge in [0.05, 0.1) is 6.61 Å². The van der Waals surface area contributed by atoms with Crippen LogP contribution in [0.5, 0.6) is 0 Å². The zero-order valence-corrected chi connectivity index (χ0v) is 10.1. The van der Waals surface area contributed by atoms with Gasteiger partial charge in [0.15, 0.2) is 0 Å². The standard InChI is InChI=1S/C12H24N2O/c1-12(6-3-4-7-13-12)10-14(2)11-5-8-15-9-11/h11,13H,3-10H2,1-2H3. The molecular formula is C12H24N2O. The summed E-state index contributed by atoms with van der Waals surface area (Å²) in [5, 5.41) is 3.67. The minimum atomic E-state index is 0.329. The fraction of sp³-hybridized carbons (Fsp3) is 1.00. The number of piperidine rings is 1. The van der Waals surface area contributed by atoms with E-state index in [1.54, 1.807) is 0 Å². The fourth-order valence-electron chi connectivity index (χ4n) is 2.80. The third-order valence-electron chi connectivity index (χ3n) is 3.83. The van der Waals surface area contributed by atoms with Crippen LogP contribution in [-0.4, -0.2) is 49.8 Å². The highest BCUT2D eigenvalue weighted by Crippen LogP contribution is 2.21. The lowest BCUT2D eigenvalue weighted by atomic mass is 9.90. The van der Waals surface area contributed by atoms with Crippen molar-refractivity contribution in [2.75, 3.05) is 33.4 Å². The van der Waals surface area contributed by atoms with E-state index in [9.17, 15) is 0 Å². The average Bonchev–Trinajstić information content (AvgIpc) is 2.70. The van der Waals surface area contributed by atoms with Crippen LogP contribution in [0.1, 0.15) is 32.6 Å². The van der Waals surface area contributed by atoms with Crippen molar-refractivity contribution in [3.05, 3.63) is 0 Å². The Morgan fingerprint density at radius 3 is 2.93 bits per heavy atom. The second kappa shape index (κ2) is 4.81. The summed E-state index contributed by atoms with van der Waals surface area (Å²) in [6.07, 6.45) is 5.22. The van der Waals surface area contributed by atoms with E-state index in [0.29, 0.717) is 11.6 Å². The minimum Gasteiger partial charge on any atom is -0.380 e. The number of rotatable bonds is 3. The second-order valence-electron chi connectivity index (χ2n) is 5.38.